The molecule has 1 aliphatic rings. The number of Topliss-reactive ketones (excluding diaryl/α,β-unsaturated/α-hetero) is 1. The third kappa shape index (κ3) is 8.13. The average Bonchev–Trinajstić information content (AvgIpc) is 2.90. The fourth-order valence-corrected chi connectivity index (χ4v) is 3.51. The minimum Gasteiger partial charge on any atom is -0.477 e. The van der Waals surface area contributed by atoms with Crippen LogP contribution in [-0.4, -0.2) is 27.8 Å². The van der Waals surface area contributed by atoms with E-state index in [-0.39, 0.29) is 5.92 Å². The molecule has 1 aliphatic carbocycles. The summed E-state index contributed by atoms with van der Waals surface area (Å²) in [5.41, 5.74) is 0. The molecule has 0 aromatic rings. The number of carbonyl (C=O) groups excluding carboxylic acids is 1. The van der Waals surface area contributed by atoms with Crippen LogP contribution >= 0.6 is 0 Å². The molecule has 1 unspecified atom stereocenters. The molecular formula is C20H33FO4. The van der Waals surface area contributed by atoms with Crippen molar-refractivity contribution in [3.05, 3.63) is 12.2 Å². The number of rotatable bonds is 13. The summed E-state index contributed by atoms with van der Waals surface area (Å²) >= 11 is 0. The smallest absolute Gasteiger partial charge is 0.369 e. The lowest BCUT2D eigenvalue weighted by Crippen LogP contribution is -2.32. The number of halogens is 1. The minimum absolute atomic E-state index is 0.0515. The standard InChI is InChI=1S/C20H33FO4/c1-2-3-4-5-6-8-11-16-13-14-18(22)17(16)12-9-7-10-15-20(21,25)19(23)24/h8,11,16-17,25H,2-7,9-10,12-15H2,1H3,(H,23,24)/t16-,17+,20?/m0/s1. The van der Waals surface area contributed by atoms with Crippen LogP contribution in [0.5, 0.6) is 0 Å². The summed E-state index contributed by atoms with van der Waals surface area (Å²) in [4.78, 5) is 22.5. The highest BCUT2D eigenvalue weighted by atomic mass is 19.2. The van der Waals surface area contributed by atoms with Crippen molar-refractivity contribution in [3.8, 4) is 0 Å². The summed E-state index contributed by atoms with van der Waals surface area (Å²) in [7, 11) is 0. The molecule has 0 radical (unpaired) electrons. The Labute approximate surface area is 150 Å². The van der Waals surface area contributed by atoms with Gasteiger partial charge in [0.15, 0.2) is 0 Å². The van der Waals surface area contributed by atoms with E-state index in [0.717, 1.165) is 25.7 Å². The highest BCUT2D eigenvalue weighted by molar-refractivity contribution is 5.83. The van der Waals surface area contributed by atoms with E-state index in [4.69, 9.17) is 10.2 Å². The lowest BCUT2D eigenvalue weighted by atomic mass is 9.89. The van der Waals surface area contributed by atoms with E-state index in [2.05, 4.69) is 19.1 Å². The second-order valence-corrected chi connectivity index (χ2v) is 7.22. The Bertz CT molecular complexity index is 445. The first kappa shape index (κ1) is 21.8. The third-order valence-electron chi connectivity index (χ3n) is 5.11. The van der Waals surface area contributed by atoms with Crippen LogP contribution in [0.2, 0.25) is 0 Å². The number of alkyl halides is 1. The molecule has 1 rings (SSSR count). The molecule has 0 saturated heterocycles. The second kappa shape index (κ2) is 11.4. The summed E-state index contributed by atoms with van der Waals surface area (Å²) in [6, 6.07) is 0. The van der Waals surface area contributed by atoms with Gasteiger partial charge in [0.2, 0.25) is 0 Å². The van der Waals surface area contributed by atoms with Gasteiger partial charge < -0.3 is 10.2 Å². The first-order valence-electron chi connectivity index (χ1n) is 9.72. The van der Waals surface area contributed by atoms with Gasteiger partial charge in [-0.25, -0.2) is 4.79 Å². The van der Waals surface area contributed by atoms with Crippen molar-refractivity contribution >= 4 is 11.8 Å². The van der Waals surface area contributed by atoms with Gasteiger partial charge in [0.1, 0.15) is 5.78 Å². The molecule has 5 heteroatoms. The molecule has 3 atom stereocenters. The minimum atomic E-state index is -3.13. The summed E-state index contributed by atoms with van der Waals surface area (Å²) in [5.74, 6) is -4.28. The first-order valence-corrected chi connectivity index (χ1v) is 9.72. The molecule has 2 N–H and O–H groups in total. The van der Waals surface area contributed by atoms with Gasteiger partial charge in [-0.1, -0.05) is 51.2 Å². The van der Waals surface area contributed by atoms with E-state index in [1.54, 1.807) is 0 Å². The van der Waals surface area contributed by atoms with Crippen molar-refractivity contribution in [2.75, 3.05) is 0 Å². The zero-order valence-electron chi connectivity index (χ0n) is 15.4. The van der Waals surface area contributed by atoms with Crippen molar-refractivity contribution < 1.29 is 24.2 Å². The van der Waals surface area contributed by atoms with E-state index in [9.17, 15) is 14.0 Å². The number of carboxylic acids is 1. The number of allylic oxidation sites excluding steroid dienone is 2. The van der Waals surface area contributed by atoms with Crippen molar-refractivity contribution in [2.24, 2.45) is 11.8 Å². The Balaban J connectivity index is 2.26. The molecule has 0 heterocycles. The molecule has 0 aliphatic heterocycles. The molecule has 0 aromatic carbocycles. The van der Waals surface area contributed by atoms with E-state index < -0.39 is 18.2 Å². The SMILES string of the molecule is CCCCCCC=C[C@H]1CCC(=O)[C@@H]1CCCCCC(O)(F)C(=O)O. The molecular weight excluding hydrogens is 323 g/mol. The molecule has 144 valence electrons. The Kier molecular flexibility index (Phi) is 9.94. The molecule has 1 fully saturated rings. The Morgan fingerprint density at radius 1 is 1.24 bits per heavy atom. The molecule has 0 bridgehead atoms. The van der Waals surface area contributed by atoms with Gasteiger partial charge in [-0.05, 0) is 38.0 Å². The van der Waals surface area contributed by atoms with Gasteiger partial charge in [0, 0.05) is 18.8 Å². The van der Waals surface area contributed by atoms with Gasteiger partial charge in [-0.15, -0.1) is 0 Å². The van der Waals surface area contributed by atoms with Crippen LogP contribution < -0.4 is 0 Å². The number of carbonyl (C=O) groups is 2. The largest absolute Gasteiger partial charge is 0.477 e. The monoisotopic (exact) mass is 356 g/mol. The van der Waals surface area contributed by atoms with E-state index >= 15 is 0 Å². The zero-order valence-corrected chi connectivity index (χ0v) is 15.4. The van der Waals surface area contributed by atoms with E-state index in [0.29, 0.717) is 31.0 Å². The van der Waals surface area contributed by atoms with Crippen LogP contribution in [0.3, 0.4) is 0 Å². The molecule has 0 aromatic heterocycles. The zero-order chi connectivity index (χ0) is 18.7. The molecule has 0 spiro atoms. The summed E-state index contributed by atoms with van der Waals surface area (Å²) in [6.45, 7) is 2.19. The van der Waals surface area contributed by atoms with E-state index in [1.807, 2.05) is 0 Å². The summed E-state index contributed by atoms with van der Waals surface area (Å²) < 4.78 is 13.2. The highest BCUT2D eigenvalue weighted by Crippen LogP contribution is 2.34. The quantitative estimate of drug-likeness (QED) is 0.367. The summed E-state index contributed by atoms with van der Waals surface area (Å²) in [5, 5.41) is 17.5. The number of aliphatic carboxylic acids is 1. The maximum Gasteiger partial charge on any atom is 0.369 e. The van der Waals surface area contributed by atoms with Crippen molar-refractivity contribution in [1.82, 2.24) is 0 Å². The predicted octanol–water partition coefficient (Wildman–Crippen LogP) is 4.80. The molecule has 0 amide bonds. The lowest BCUT2D eigenvalue weighted by Gasteiger charge is -2.16. The van der Waals surface area contributed by atoms with Gasteiger partial charge in [-0.2, -0.15) is 4.39 Å². The maximum absolute atomic E-state index is 13.2. The third-order valence-corrected chi connectivity index (χ3v) is 5.11. The van der Waals surface area contributed by atoms with Gasteiger partial charge in [-0.3, -0.25) is 4.79 Å². The molecule has 1 saturated carbocycles. The number of unbranched alkanes of at least 4 members (excludes halogenated alkanes) is 6. The Hall–Kier alpha value is -1.23. The molecule has 25 heavy (non-hydrogen) atoms. The number of hydrogen-bond donors (Lipinski definition) is 2. The van der Waals surface area contributed by atoms with Crippen molar-refractivity contribution in [3.63, 3.8) is 0 Å². The van der Waals surface area contributed by atoms with Crippen LogP contribution in [-0.2, 0) is 9.59 Å². The fraction of sp³-hybridized carbons (Fsp3) is 0.800. The van der Waals surface area contributed by atoms with Gasteiger partial charge in [0.05, 0.1) is 0 Å². The van der Waals surface area contributed by atoms with Crippen LogP contribution in [0.4, 0.5) is 4.39 Å². The molecule has 4 nitrogen and oxygen atoms in total. The number of aliphatic hydroxyl groups is 1. The first-order chi connectivity index (χ1) is 11.9. The maximum atomic E-state index is 13.2. The average molecular weight is 356 g/mol. The van der Waals surface area contributed by atoms with Gasteiger partial charge in [0.25, 0.3) is 0 Å². The Morgan fingerprint density at radius 3 is 2.64 bits per heavy atom. The lowest BCUT2D eigenvalue weighted by molar-refractivity contribution is -0.181. The second-order valence-electron chi connectivity index (χ2n) is 7.22. The highest BCUT2D eigenvalue weighted by Gasteiger charge is 2.35. The normalized spacial score (nSPS) is 23.2. The Morgan fingerprint density at radius 2 is 1.96 bits per heavy atom. The van der Waals surface area contributed by atoms with Crippen LogP contribution in [0, 0.1) is 11.8 Å². The van der Waals surface area contributed by atoms with Crippen LogP contribution in [0.15, 0.2) is 12.2 Å². The van der Waals surface area contributed by atoms with Gasteiger partial charge >= 0.3 is 11.8 Å². The van der Waals surface area contributed by atoms with Crippen LogP contribution in [0.25, 0.3) is 0 Å². The van der Waals surface area contributed by atoms with Crippen molar-refractivity contribution in [2.45, 2.75) is 89.8 Å². The number of hydrogen-bond acceptors (Lipinski definition) is 3. The summed E-state index contributed by atoms with van der Waals surface area (Å²) in [6.07, 6.45) is 14.0. The predicted molar refractivity (Wildman–Crippen MR) is 95.9 cm³/mol. The fourth-order valence-electron chi connectivity index (χ4n) is 3.51. The number of carboxylic acid groups (broad SMARTS) is 1. The van der Waals surface area contributed by atoms with E-state index in [1.165, 1.54) is 25.7 Å². The van der Waals surface area contributed by atoms with Crippen molar-refractivity contribution in [1.29, 1.82) is 0 Å². The number of ketones is 1. The topological polar surface area (TPSA) is 74.6 Å². The van der Waals surface area contributed by atoms with Crippen LogP contribution in [0.1, 0.15) is 84.0 Å².